The molecule has 144 valence electrons. The molecule has 0 fully saturated rings. The summed E-state index contributed by atoms with van der Waals surface area (Å²) in [6, 6.07) is 0. The molecule has 0 unspecified atom stereocenters. The molecule has 0 saturated carbocycles. The molecule has 0 aromatic carbocycles. The zero-order valence-electron chi connectivity index (χ0n) is 16.9. The Morgan fingerprint density at radius 2 is 0.792 bits per heavy atom. The van der Waals surface area contributed by atoms with Gasteiger partial charge < -0.3 is 5.73 Å². The van der Waals surface area contributed by atoms with Crippen LogP contribution in [0.2, 0.25) is 0 Å². The van der Waals surface area contributed by atoms with Gasteiger partial charge in [0.1, 0.15) is 0 Å². The summed E-state index contributed by atoms with van der Waals surface area (Å²) < 4.78 is 0. The van der Waals surface area contributed by atoms with Crippen molar-refractivity contribution in [2.75, 3.05) is 6.54 Å². The number of nitrogens with two attached hydrogens (primary N) is 1. The molecule has 2 N–H and O–H groups in total. The number of hydrogen-bond acceptors (Lipinski definition) is 1. The Kier molecular flexibility index (Phi) is 22.4. The Morgan fingerprint density at radius 1 is 0.458 bits per heavy atom. The van der Waals surface area contributed by atoms with Crippen LogP contribution in [-0.2, 0) is 0 Å². The molecular weight excluding hydrogens is 290 g/mol. The van der Waals surface area contributed by atoms with Crippen LogP contribution in [-0.4, -0.2) is 6.54 Å². The summed E-state index contributed by atoms with van der Waals surface area (Å²) >= 11 is 0. The number of rotatable bonds is 20. The van der Waals surface area contributed by atoms with E-state index in [2.05, 4.69) is 19.1 Å². The van der Waals surface area contributed by atoms with Gasteiger partial charge in [-0.05, 0) is 38.6 Å². The molecule has 0 heterocycles. The van der Waals surface area contributed by atoms with E-state index in [0.29, 0.717) is 0 Å². The molecule has 0 aromatic rings. The highest BCUT2D eigenvalue weighted by molar-refractivity contribution is 4.81. The Bertz CT molecular complexity index is 234. The lowest BCUT2D eigenvalue weighted by Gasteiger charge is -2.01. The van der Waals surface area contributed by atoms with Crippen molar-refractivity contribution < 1.29 is 0 Å². The molecule has 0 spiro atoms. The van der Waals surface area contributed by atoms with E-state index in [1.807, 2.05) is 0 Å². The molecule has 1 nitrogen and oxygen atoms in total. The number of unbranched alkanes of at least 4 members (excludes halogenated alkanes) is 17. The molecule has 0 aromatic heterocycles. The van der Waals surface area contributed by atoms with Crippen LogP contribution in [0.25, 0.3) is 0 Å². The second-order valence-corrected chi connectivity index (χ2v) is 7.49. The summed E-state index contributed by atoms with van der Waals surface area (Å²) in [4.78, 5) is 0. The van der Waals surface area contributed by atoms with Crippen molar-refractivity contribution >= 4 is 0 Å². The van der Waals surface area contributed by atoms with Crippen molar-refractivity contribution in [2.24, 2.45) is 5.73 Å². The van der Waals surface area contributed by atoms with E-state index >= 15 is 0 Å². The predicted octanol–water partition coefficient (Wildman–Crippen LogP) is 7.93. The van der Waals surface area contributed by atoms with Crippen molar-refractivity contribution in [3.8, 4) is 0 Å². The highest BCUT2D eigenvalue weighted by atomic mass is 14.5. The smallest absolute Gasteiger partial charge is 0.00773 e. The largest absolute Gasteiger partial charge is 0.330 e. The maximum Gasteiger partial charge on any atom is -0.00773 e. The molecule has 0 aliphatic carbocycles. The molecule has 0 bridgehead atoms. The fourth-order valence-electron chi connectivity index (χ4n) is 3.28. The minimum atomic E-state index is 0.868. The van der Waals surface area contributed by atoms with E-state index in [-0.39, 0.29) is 0 Å². The number of hydrogen-bond donors (Lipinski definition) is 1. The molecule has 0 saturated heterocycles. The molecule has 0 amide bonds. The van der Waals surface area contributed by atoms with Gasteiger partial charge in [0.25, 0.3) is 0 Å². The van der Waals surface area contributed by atoms with Crippen LogP contribution in [0.3, 0.4) is 0 Å². The fourth-order valence-corrected chi connectivity index (χ4v) is 3.28. The predicted molar refractivity (Wildman–Crippen MR) is 112 cm³/mol. The highest BCUT2D eigenvalue weighted by Gasteiger charge is 1.92. The lowest BCUT2D eigenvalue weighted by molar-refractivity contribution is 0.561. The van der Waals surface area contributed by atoms with Crippen molar-refractivity contribution in [2.45, 2.75) is 129 Å². The normalized spacial score (nSPS) is 11.6. The van der Waals surface area contributed by atoms with Crippen molar-refractivity contribution in [1.82, 2.24) is 0 Å². The third-order valence-electron chi connectivity index (χ3n) is 4.97. The van der Waals surface area contributed by atoms with Crippen LogP contribution in [0.15, 0.2) is 12.2 Å². The maximum atomic E-state index is 5.50. The molecule has 0 aliphatic rings. The maximum absolute atomic E-state index is 5.50. The van der Waals surface area contributed by atoms with E-state index in [4.69, 9.17) is 5.73 Å². The first-order valence-corrected chi connectivity index (χ1v) is 11.3. The Hall–Kier alpha value is -0.300. The van der Waals surface area contributed by atoms with Crippen molar-refractivity contribution in [1.29, 1.82) is 0 Å². The fraction of sp³-hybridized carbons (Fsp3) is 0.913. The van der Waals surface area contributed by atoms with Gasteiger partial charge in [0.15, 0.2) is 0 Å². The van der Waals surface area contributed by atoms with Crippen LogP contribution < -0.4 is 5.73 Å². The SMILES string of the molecule is CCCCCCCCCCC=CCCCCCCCCCCCN. The number of allylic oxidation sites excluding steroid dienone is 2. The zero-order valence-corrected chi connectivity index (χ0v) is 16.9. The first-order valence-electron chi connectivity index (χ1n) is 11.3. The van der Waals surface area contributed by atoms with Gasteiger partial charge in [-0.2, -0.15) is 0 Å². The van der Waals surface area contributed by atoms with E-state index in [9.17, 15) is 0 Å². The van der Waals surface area contributed by atoms with Gasteiger partial charge in [-0.1, -0.05) is 109 Å². The van der Waals surface area contributed by atoms with Gasteiger partial charge >= 0.3 is 0 Å². The van der Waals surface area contributed by atoms with E-state index in [1.54, 1.807) is 0 Å². The van der Waals surface area contributed by atoms with Gasteiger partial charge in [0.05, 0.1) is 0 Å². The molecule has 0 rings (SSSR count). The van der Waals surface area contributed by atoms with Gasteiger partial charge in [-0.15, -0.1) is 0 Å². The van der Waals surface area contributed by atoms with Crippen molar-refractivity contribution in [3.63, 3.8) is 0 Å². The van der Waals surface area contributed by atoms with Gasteiger partial charge in [0, 0.05) is 0 Å². The highest BCUT2D eigenvalue weighted by Crippen LogP contribution is 2.12. The average Bonchev–Trinajstić information content (AvgIpc) is 2.60. The van der Waals surface area contributed by atoms with Gasteiger partial charge in [-0.3, -0.25) is 0 Å². The van der Waals surface area contributed by atoms with E-state index < -0.39 is 0 Å². The Balaban J connectivity index is 3.03. The van der Waals surface area contributed by atoms with Crippen LogP contribution in [0.5, 0.6) is 0 Å². The summed E-state index contributed by atoms with van der Waals surface area (Å²) in [6.45, 7) is 3.16. The molecule has 0 atom stereocenters. The first kappa shape index (κ1) is 23.7. The second-order valence-electron chi connectivity index (χ2n) is 7.49. The third-order valence-corrected chi connectivity index (χ3v) is 4.97. The van der Waals surface area contributed by atoms with Gasteiger partial charge in [-0.25, -0.2) is 0 Å². The Morgan fingerprint density at radius 3 is 1.17 bits per heavy atom. The van der Waals surface area contributed by atoms with Crippen LogP contribution >= 0.6 is 0 Å². The minimum absolute atomic E-state index is 0.868. The summed E-state index contributed by atoms with van der Waals surface area (Å²) in [5.74, 6) is 0. The second kappa shape index (κ2) is 22.7. The lowest BCUT2D eigenvalue weighted by atomic mass is 10.1. The summed E-state index contributed by atoms with van der Waals surface area (Å²) in [5.41, 5.74) is 5.50. The summed E-state index contributed by atoms with van der Waals surface area (Å²) in [7, 11) is 0. The van der Waals surface area contributed by atoms with Gasteiger partial charge in [0.2, 0.25) is 0 Å². The standard InChI is InChI=1S/C23H47N/c1-2-3-4-5-6-7-8-9-10-11-12-13-14-15-16-17-18-19-20-21-22-23-24/h11-12H,2-10,13-24H2,1H3. The molecule has 0 aliphatic heterocycles. The zero-order chi connectivity index (χ0) is 17.6. The molecular formula is C23H47N. The van der Waals surface area contributed by atoms with Crippen molar-refractivity contribution in [3.05, 3.63) is 12.2 Å². The van der Waals surface area contributed by atoms with E-state index in [1.165, 1.54) is 122 Å². The molecule has 0 radical (unpaired) electrons. The summed E-state index contributed by atoms with van der Waals surface area (Å²) in [6.07, 6.45) is 31.3. The summed E-state index contributed by atoms with van der Waals surface area (Å²) in [5, 5.41) is 0. The monoisotopic (exact) mass is 337 g/mol. The minimum Gasteiger partial charge on any atom is -0.330 e. The molecule has 24 heavy (non-hydrogen) atoms. The quantitative estimate of drug-likeness (QED) is 0.177. The Labute approximate surface area is 153 Å². The van der Waals surface area contributed by atoms with E-state index in [0.717, 1.165) is 6.54 Å². The first-order chi connectivity index (χ1) is 11.9. The topological polar surface area (TPSA) is 26.0 Å². The van der Waals surface area contributed by atoms with Crippen LogP contribution in [0, 0.1) is 0 Å². The van der Waals surface area contributed by atoms with Crippen LogP contribution in [0.4, 0.5) is 0 Å². The third kappa shape index (κ3) is 21.7. The average molecular weight is 338 g/mol. The molecule has 1 heteroatoms. The lowest BCUT2D eigenvalue weighted by Crippen LogP contribution is -1.97. The van der Waals surface area contributed by atoms with Crippen LogP contribution in [0.1, 0.15) is 129 Å².